The van der Waals surface area contributed by atoms with Crippen LogP contribution in [0.15, 0.2) is 12.2 Å². The normalized spacial score (nSPS) is 21.1. The fourth-order valence-corrected chi connectivity index (χ4v) is 1.46. The first kappa shape index (κ1) is 11.4. The fourth-order valence-electron chi connectivity index (χ4n) is 1.46. The van der Waals surface area contributed by atoms with Crippen LogP contribution in [-0.2, 0) is 14.3 Å². The molecule has 1 heterocycles. The van der Waals surface area contributed by atoms with E-state index >= 15 is 0 Å². The van der Waals surface area contributed by atoms with Gasteiger partial charge in [-0.05, 0) is 25.8 Å². The van der Waals surface area contributed by atoms with Crippen LogP contribution in [0.2, 0.25) is 0 Å². The average molecular weight is 198 g/mol. The molecule has 3 nitrogen and oxygen atoms in total. The highest BCUT2D eigenvalue weighted by Crippen LogP contribution is 2.27. The molecule has 0 amide bonds. The van der Waals surface area contributed by atoms with Crippen LogP contribution in [0.5, 0.6) is 0 Å². The molecule has 80 valence electrons. The van der Waals surface area contributed by atoms with Crippen LogP contribution < -0.4 is 0 Å². The maximum Gasteiger partial charge on any atom is 0.186 e. The van der Waals surface area contributed by atoms with Crippen LogP contribution in [0, 0.1) is 0 Å². The second-order valence-corrected chi connectivity index (χ2v) is 3.93. The molecule has 0 aromatic heterocycles. The Morgan fingerprint density at radius 3 is 2.50 bits per heavy atom. The van der Waals surface area contributed by atoms with Crippen LogP contribution in [0.3, 0.4) is 0 Å². The van der Waals surface area contributed by atoms with Crippen molar-refractivity contribution < 1.29 is 14.3 Å². The zero-order valence-corrected chi connectivity index (χ0v) is 9.13. The van der Waals surface area contributed by atoms with Crippen LogP contribution in [0.25, 0.3) is 0 Å². The van der Waals surface area contributed by atoms with Crippen molar-refractivity contribution in [1.82, 2.24) is 0 Å². The van der Waals surface area contributed by atoms with Gasteiger partial charge in [0.2, 0.25) is 0 Å². The summed E-state index contributed by atoms with van der Waals surface area (Å²) in [6, 6.07) is 0. The van der Waals surface area contributed by atoms with Crippen molar-refractivity contribution in [1.29, 1.82) is 0 Å². The van der Waals surface area contributed by atoms with Crippen molar-refractivity contribution in [3.05, 3.63) is 12.2 Å². The lowest BCUT2D eigenvalue weighted by molar-refractivity contribution is -0.226. The monoisotopic (exact) mass is 198 g/mol. The molecule has 3 heteroatoms. The van der Waals surface area contributed by atoms with Gasteiger partial charge in [0.1, 0.15) is 11.7 Å². The summed E-state index contributed by atoms with van der Waals surface area (Å²) in [6.07, 6.45) is 0.470. The van der Waals surface area contributed by atoms with E-state index in [1.165, 1.54) is 0 Å². The highest BCUT2D eigenvalue weighted by molar-refractivity contribution is 5.97. The SMILES string of the molecule is C=C(C)C(=O)C(C)OC1(CC)COC1. The van der Waals surface area contributed by atoms with Gasteiger partial charge < -0.3 is 9.47 Å². The first-order chi connectivity index (χ1) is 6.51. The molecule has 0 aromatic rings. The van der Waals surface area contributed by atoms with E-state index in [-0.39, 0.29) is 11.4 Å². The molecule has 1 aliphatic rings. The second kappa shape index (κ2) is 4.24. The van der Waals surface area contributed by atoms with Gasteiger partial charge in [-0.1, -0.05) is 13.5 Å². The maximum atomic E-state index is 11.5. The largest absolute Gasteiger partial charge is 0.375 e. The number of carbonyl (C=O) groups is 1. The standard InChI is InChI=1S/C11H18O3/c1-5-11(6-13-7-11)14-9(4)10(12)8(2)3/h9H,2,5-7H2,1,3-4H3. The number of ketones is 1. The minimum absolute atomic E-state index is 0.0234. The van der Waals surface area contributed by atoms with E-state index in [0.717, 1.165) is 6.42 Å². The third-order valence-electron chi connectivity index (χ3n) is 2.59. The van der Waals surface area contributed by atoms with E-state index in [0.29, 0.717) is 18.8 Å². The molecule has 0 saturated carbocycles. The Morgan fingerprint density at radius 2 is 2.21 bits per heavy atom. The molecule has 0 aliphatic carbocycles. The molecule has 1 atom stereocenters. The predicted octanol–water partition coefficient (Wildman–Crippen LogP) is 1.72. The third-order valence-corrected chi connectivity index (χ3v) is 2.59. The van der Waals surface area contributed by atoms with Gasteiger partial charge in [-0.15, -0.1) is 0 Å². The van der Waals surface area contributed by atoms with Gasteiger partial charge in [0.15, 0.2) is 5.78 Å². The number of carbonyl (C=O) groups excluding carboxylic acids is 1. The summed E-state index contributed by atoms with van der Waals surface area (Å²) in [6.45, 7) is 10.3. The average Bonchev–Trinajstić information content (AvgIpc) is 2.09. The number of rotatable bonds is 5. The van der Waals surface area contributed by atoms with Crippen molar-refractivity contribution in [3.8, 4) is 0 Å². The Kier molecular flexibility index (Phi) is 3.45. The molecule has 0 N–H and O–H groups in total. The Hall–Kier alpha value is -0.670. The van der Waals surface area contributed by atoms with Crippen molar-refractivity contribution in [3.63, 3.8) is 0 Å². The van der Waals surface area contributed by atoms with Crippen molar-refractivity contribution in [2.24, 2.45) is 0 Å². The molecule has 0 spiro atoms. The van der Waals surface area contributed by atoms with Crippen LogP contribution in [0.4, 0.5) is 0 Å². The van der Waals surface area contributed by atoms with E-state index in [4.69, 9.17) is 9.47 Å². The van der Waals surface area contributed by atoms with Crippen LogP contribution >= 0.6 is 0 Å². The Bertz CT molecular complexity index is 235. The summed E-state index contributed by atoms with van der Waals surface area (Å²) in [5.41, 5.74) is 0.314. The fraction of sp³-hybridized carbons (Fsp3) is 0.727. The third kappa shape index (κ3) is 2.22. The number of hydrogen-bond acceptors (Lipinski definition) is 3. The molecule has 1 saturated heterocycles. The molecule has 0 bridgehead atoms. The molecule has 0 aromatic carbocycles. The smallest absolute Gasteiger partial charge is 0.186 e. The van der Waals surface area contributed by atoms with E-state index in [1.807, 2.05) is 6.92 Å². The number of ether oxygens (including phenoxy) is 2. The molecule has 1 aliphatic heterocycles. The maximum absolute atomic E-state index is 11.5. The highest BCUT2D eigenvalue weighted by atomic mass is 16.6. The first-order valence-corrected chi connectivity index (χ1v) is 4.96. The summed E-state index contributed by atoms with van der Waals surface area (Å²) >= 11 is 0. The minimum atomic E-state index is -0.406. The van der Waals surface area contributed by atoms with E-state index < -0.39 is 6.10 Å². The first-order valence-electron chi connectivity index (χ1n) is 4.96. The molecule has 0 radical (unpaired) electrons. The Balaban J connectivity index is 2.51. The topological polar surface area (TPSA) is 35.5 Å². The lowest BCUT2D eigenvalue weighted by Crippen LogP contribution is -2.53. The van der Waals surface area contributed by atoms with E-state index in [1.54, 1.807) is 13.8 Å². The molecule has 14 heavy (non-hydrogen) atoms. The van der Waals surface area contributed by atoms with Gasteiger partial charge in [-0.2, -0.15) is 0 Å². The summed E-state index contributed by atoms with van der Waals surface area (Å²) in [4.78, 5) is 11.5. The van der Waals surface area contributed by atoms with Gasteiger partial charge in [-0.25, -0.2) is 0 Å². The van der Waals surface area contributed by atoms with Gasteiger partial charge in [-0.3, -0.25) is 4.79 Å². The zero-order valence-electron chi connectivity index (χ0n) is 9.13. The van der Waals surface area contributed by atoms with Gasteiger partial charge in [0, 0.05) is 0 Å². The number of hydrogen-bond donors (Lipinski definition) is 0. The van der Waals surface area contributed by atoms with Crippen molar-refractivity contribution in [2.75, 3.05) is 13.2 Å². The van der Waals surface area contributed by atoms with Crippen molar-refractivity contribution in [2.45, 2.75) is 38.9 Å². The highest BCUT2D eigenvalue weighted by Gasteiger charge is 2.40. The van der Waals surface area contributed by atoms with Crippen molar-refractivity contribution >= 4 is 5.78 Å². The summed E-state index contributed by atoms with van der Waals surface area (Å²) in [5.74, 6) is -0.0234. The van der Waals surface area contributed by atoms with Crippen LogP contribution in [0.1, 0.15) is 27.2 Å². The summed E-state index contributed by atoms with van der Waals surface area (Å²) in [7, 11) is 0. The molecule has 1 fully saturated rings. The van der Waals surface area contributed by atoms with Gasteiger partial charge >= 0.3 is 0 Å². The summed E-state index contributed by atoms with van der Waals surface area (Å²) < 4.78 is 10.8. The molecule has 1 rings (SSSR count). The molecular weight excluding hydrogens is 180 g/mol. The Labute approximate surface area is 85.1 Å². The predicted molar refractivity (Wildman–Crippen MR) is 54.2 cm³/mol. The van der Waals surface area contributed by atoms with E-state index in [9.17, 15) is 4.79 Å². The zero-order chi connectivity index (χ0) is 10.8. The lowest BCUT2D eigenvalue weighted by atomic mass is 9.98. The quantitative estimate of drug-likeness (QED) is 0.631. The number of Topliss-reactive ketones (excluding diaryl/α,β-unsaturated/α-hetero) is 1. The molecule has 1 unspecified atom stereocenters. The van der Waals surface area contributed by atoms with Gasteiger partial charge in [0.05, 0.1) is 13.2 Å². The summed E-state index contributed by atoms with van der Waals surface area (Å²) in [5, 5.41) is 0. The minimum Gasteiger partial charge on any atom is -0.375 e. The molecular formula is C11H18O3. The second-order valence-electron chi connectivity index (χ2n) is 3.93. The lowest BCUT2D eigenvalue weighted by Gasteiger charge is -2.42. The van der Waals surface area contributed by atoms with Gasteiger partial charge in [0.25, 0.3) is 0 Å². The van der Waals surface area contributed by atoms with E-state index in [2.05, 4.69) is 6.58 Å². The Morgan fingerprint density at radius 1 is 1.64 bits per heavy atom. The van der Waals surface area contributed by atoms with Crippen LogP contribution in [-0.4, -0.2) is 30.7 Å².